The van der Waals surface area contributed by atoms with Crippen molar-refractivity contribution in [3.63, 3.8) is 0 Å². The number of aromatic hydroxyl groups is 4. The van der Waals surface area contributed by atoms with Gasteiger partial charge in [0.15, 0.2) is 17.3 Å². The van der Waals surface area contributed by atoms with Crippen LogP contribution in [0.25, 0.3) is 22.3 Å². The van der Waals surface area contributed by atoms with Crippen LogP contribution in [0, 0.1) is 6.92 Å². The predicted octanol–water partition coefficient (Wildman–Crippen LogP) is 2.59. The molecule has 0 saturated heterocycles. The van der Waals surface area contributed by atoms with E-state index in [0.717, 1.165) is 0 Å². The van der Waals surface area contributed by atoms with Gasteiger partial charge in [0.1, 0.15) is 11.3 Å². The van der Waals surface area contributed by atoms with Gasteiger partial charge < -0.3 is 24.8 Å². The minimum atomic E-state index is -0.650. The molecule has 112 valence electrons. The van der Waals surface area contributed by atoms with Gasteiger partial charge in [-0.15, -0.1) is 0 Å². The monoisotopic (exact) mass is 300 g/mol. The molecule has 22 heavy (non-hydrogen) atoms. The molecule has 0 spiro atoms. The van der Waals surface area contributed by atoms with E-state index in [9.17, 15) is 25.2 Å². The second kappa shape index (κ2) is 4.70. The lowest BCUT2D eigenvalue weighted by Gasteiger charge is -2.10. The van der Waals surface area contributed by atoms with Crippen LogP contribution in [0.15, 0.2) is 39.5 Å². The van der Waals surface area contributed by atoms with E-state index < -0.39 is 11.2 Å². The van der Waals surface area contributed by atoms with E-state index in [1.54, 1.807) is 0 Å². The summed E-state index contributed by atoms with van der Waals surface area (Å²) in [6, 6.07) is 6.56. The number of benzene rings is 2. The van der Waals surface area contributed by atoms with E-state index in [0.29, 0.717) is 0 Å². The second-order valence-corrected chi connectivity index (χ2v) is 4.90. The summed E-state index contributed by atoms with van der Waals surface area (Å²) in [7, 11) is 0. The molecule has 0 saturated carbocycles. The molecule has 1 heterocycles. The summed E-state index contributed by atoms with van der Waals surface area (Å²) < 4.78 is 5.51. The van der Waals surface area contributed by atoms with Gasteiger partial charge in [0.05, 0.1) is 5.39 Å². The van der Waals surface area contributed by atoms with Crippen LogP contribution in [0.4, 0.5) is 0 Å². The maximum Gasteiger partial charge on any atom is 0.235 e. The summed E-state index contributed by atoms with van der Waals surface area (Å²) in [5.41, 5.74) is -0.0407. The largest absolute Gasteiger partial charge is 0.508 e. The Hall–Kier alpha value is -3.15. The van der Waals surface area contributed by atoms with Crippen molar-refractivity contribution < 1.29 is 24.8 Å². The molecule has 3 rings (SSSR count). The molecule has 0 aliphatic rings. The smallest absolute Gasteiger partial charge is 0.235 e. The minimum absolute atomic E-state index is 0.0856. The maximum atomic E-state index is 12.2. The predicted molar refractivity (Wildman–Crippen MR) is 79.3 cm³/mol. The minimum Gasteiger partial charge on any atom is -0.508 e. The van der Waals surface area contributed by atoms with Crippen molar-refractivity contribution in [2.45, 2.75) is 6.92 Å². The van der Waals surface area contributed by atoms with Gasteiger partial charge in [-0.25, -0.2) is 0 Å². The van der Waals surface area contributed by atoms with E-state index in [1.165, 1.54) is 37.3 Å². The number of phenols is 3. The Kier molecular flexibility index (Phi) is 2.95. The SMILES string of the molecule is Cc1c(-c2oc3cc(O)ccc3c(=O)c2O)ccc(O)c1O. The Bertz CT molecular complexity index is 955. The fraction of sp³-hybridized carbons (Fsp3) is 0.0625. The first kappa shape index (κ1) is 13.8. The van der Waals surface area contributed by atoms with Crippen molar-refractivity contribution in [1.82, 2.24) is 0 Å². The zero-order valence-corrected chi connectivity index (χ0v) is 11.5. The van der Waals surface area contributed by atoms with Crippen molar-refractivity contribution in [2.24, 2.45) is 0 Å². The topological polar surface area (TPSA) is 111 Å². The number of phenolic OH excluding ortho intramolecular Hbond substituents is 3. The van der Waals surface area contributed by atoms with E-state index in [-0.39, 0.29) is 45.1 Å². The van der Waals surface area contributed by atoms with Gasteiger partial charge in [0.2, 0.25) is 11.2 Å². The molecule has 2 aromatic carbocycles. The molecule has 6 nitrogen and oxygen atoms in total. The van der Waals surface area contributed by atoms with Gasteiger partial charge in [-0.1, -0.05) is 0 Å². The third-order valence-corrected chi connectivity index (χ3v) is 3.51. The van der Waals surface area contributed by atoms with Crippen LogP contribution in [-0.4, -0.2) is 20.4 Å². The molecule has 0 aliphatic heterocycles. The zero-order chi connectivity index (χ0) is 16.0. The molecule has 0 unspecified atom stereocenters. The Morgan fingerprint density at radius 3 is 2.41 bits per heavy atom. The summed E-state index contributed by atoms with van der Waals surface area (Å²) in [6.45, 7) is 1.51. The van der Waals surface area contributed by atoms with Crippen LogP contribution in [-0.2, 0) is 0 Å². The maximum absolute atomic E-state index is 12.2. The molecular formula is C16H12O6. The van der Waals surface area contributed by atoms with Crippen molar-refractivity contribution in [2.75, 3.05) is 0 Å². The van der Waals surface area contributed by atoms with Crippen LogP contribution in [0.2, 0.25) is 0 Å². The highest BCUT2D eigenvalue weighted by molar-refractivity contribution is 5.84. The molecule has 1 aromatic heterocycles. The second-order valence-electron chi connectivity index (χ2n) is 4.90. The average molecular weight is 300 g/mol. The fourth-order valence-electron chi connectivity index (χ4n) is 2.29. The highest BCUT2D eigenvalue weighted by Crippen LogP contribution is 2.39. The van der Waals surface area contributed by atoms with E-state index in [1.807, 2.05) is 0 Å². The lowest BCUT2D eigenvalue weighted by Crippen LogP contribution is -2.02. The molecule has 0 fully saturated rings. The van der Waals surface area contributed by atoms with Crippen molar-refractivity contribution in [1.29, 1.82) is 0 Å². The molecule has 0 atom stereocenters. The van der Waals surface area contributed by atoms with E-state index in [4.69, 9.17) is 4.42 Å². The quantitative estimate of drug-likeness (QED) is 0.514. The lowest BCUT2D eigenvalue weighted by atomic mass is 10.0. The van der Waals surface area contributed by atoms with Gasteiger partial charge in [0, 0.05) is 17.2 Å². The number of fused-ring (bicyclic) bond motifs is 1. The van der Waals surface area contributed by atoms with Gasteiger partial charge in [-0.2, -0.15) is 0 Å². The van der Waals surface area contributed by atoms with E-state index in [2.05, 4.69) is 0 Å². The van der Waals surface area contributed by atoms with Crippen LogP contribution < -0.4 is 5.43 Å². The third kappa shape index (κ3) is 1.93. The number of hydrogen-bond acceptors (Lipinski definition) is 6. The molecule has 0 bridgehead atoms. The summed E-state index contributed by atoms with van der Waals surface area (Å²) in [4.78, 5) is 12.2. The van der Waals surface area contributed by atoms with Crippen LogP contribution in [0.1, 0.15) is 5.56 Å². The van der Waals surface area contributed by atoms with Crippen molar-refractivity contribution >= 4 is 11.0 Å². The first-order chi connectivity index (χ1) is 10.4. The highest BCUT2D eigenvalue weighted by atomic mass is 16.4. The first-order valence-corrected chi connectivity index (χ1v) is 6.41. The molecular weight excluding hydrogens is 288 g/mol. The Labute approximate surface area is 124 Å². The first-order valence-electron chi connectivity index (χ1n) is 6.41. The molecule has 0 radical (unpaired) electrons. The van der Waals surface area contributed by atoms with Crippen LogP contribution in [0.5, 0.6) is 23.0 Å². The number of rotatable bonds is 1. The summed E-state index contributed by atoms with van der Waals surface area (Å²) in [5, 5.41) is 38.9. The van der Waals surface area contributed by atoms with Crippen molar-refractivity contribution in [3.05, 3.63) is 46.1 Å². The standard InChI is InChI=1S/C16H12O6/c1-7-9(4-5-11(18)13(7)19)16-15(21)14(20)10-3-2-8(17)6-12(10)22-16/h2-6,17-19,21H,1H3. The Morgan fingerprint density at radius 1 is 0.955 bits per heavy atom. The Balaban J connectivity index is 2.39. The van der Waals surface area contributed by atoms with E-state index >= 15 is 0 Å². The van der Waals surface area contributed by atoms with Gasteiger partial charge in [-0.3, -0.25) is 4.79 Å². The number of hydrogen-bond donors (Lipinski definition) is 4. The molecule has 3 aromatic rings. The average Bonchev–Trinajstić information content (AvgIpc) is 2.49. The van der Waals surface area contributed by atoms with Crippen molar-refractivity contribution in [3.8, 4) is 34.3 Å². The lowest BCUT2D eigenvalue weighted by molar-refractivity contribution is 0.401. The summed E-state index contributed by atoms with van der Waals surface area (Å²) >= 11 is 0. The Morgan fingerprint density at radius 2 is 1.68 bits per heavy atom. The molecule has 6 heteroatoms. The van der Waals surface area contributed by atoms with Gasteiger partial charge >= 0.3 is 0 Å². The molecule has 0 aliphatic carbocycles. The summed E-state index contributed by atoms with van der Waals surface area (Å²) in [6.07, 6.45) is 0. The van der Waals surface area contributed by atoms with Crippen LogP contribution >= 0.6 is 0 Å². The van der Waals surface area contributed by atoms with Gasteiger partial charge in [-0.05, 0) is 31.2 Å². The van der Waals surface area contributed by atoms with Gasteiger partial charge in [0.25, 0.3) is 0 Å². The third-order valence-electron chi connectivity index (χ3n) is 3.51. The van der Waals surface area contributed by atoms with Crippen LogP contribution in [0.3, 0.4) is 0 Å². The molecule has 4 N–H and O–H groups in total. The normalized spacial score (nSPS) is 11.0. The fourth-order valence-corrected chi connectivity index (χ4v) is 2.29. The zero-order valence-electron chi connectivity index (χ0n) is 11.5. The molecule has 0 amide bonds. The highest BCUT2D eigenvalue weighted by Gasteiger charge is 2.19. The summed E-state index contributed by atoms with van der Waals surface area (Å²) in [5.74, 6) is -1.52.